The third-order valence-corrected chi connectivity index (χ3v) is 4.42. The summed E-state index contributed by atoms with van der Waals surface area (Å²) in [7, 11) is 0. The molecule has 3 rings (SSSR count). The van der Waals surface area contributed by atoms with Crippen molar-refractivity contribution in [3.05, 3.63) is 42.7 Å². The van der Waals surface area contributed by atoms with Crippen LogP contribution in [0.2, 0.25) is 0 Å². The fourth-order valence-corrected chi connectivity index (χ4v) is 3.28. The van der Waals surface area contributed by atoms with Gasteiger partial charge in [0, 0.05) is 25.3 Å². The van der Waals surface area contributed by atoms with E-state index in [0.717, 1.165) is 35.2 Å². The van der Waals surface area contributed by atoms with E-state index in [1.165, 1.54) is 0 Å². The first-order chi connectivity index (χ1) is 12.1. The van der Waals surface area contributed by atoms with E-state index in [4.69, 9.17) is 17.0 Å². The number of nitrogens with one attached hydrogen (secondary N) is 2. The Morgan fingerprint density at radius 3 is 2.80 bits per heavy atom. The number of aliphatic imine (C=N–C) groups is 1. The molecule has 1 atom stereocenters. The Morgan fingerprint density at radius 2 is 2.04 bits per heavy atom. The first-order valence-corrected chi connectivity index (χ1v) is 8.71. The molecule has 0 bridgehead atoms. The third-order valence-electron chi connectivity index (χ3n) is 4.22. The Bertz CT molecular complexity index is 823. The van der Waals surface area contributed by atoms with Crippen molar-refractivity contribution in [1.82, 2.24) is 15.0 Å². The van der Waals surface area contributed by atoms with Crippen LogP contribution in [0.25, 0.3) is 0 Å². The molecule has 2 aromatic rings. The van der Waals surface area contributed by atoms with E-state index in [-0.39, 0.29) is 0 Å². The van der Waals surface area contributed by atoms with Crippen molar-refractivity contribution in [3.63, 3.8) is 0 Å². The largest absolute Gasteiger partial charge is 0.492 e. The molecule has 1 aromatic heterocycles. The number of hydrogen-bond donors (Lipinski definition) is 2. The fourth-order valence-electron chi connectivity index (χ4n) is 3.02. The molecular weight excluding hydrogens is 334 g/mol. The molecule has 7 heteroatoms. The monoisotopic (exact) mass is 356 g/mol. The second-order valence-corrected chi connectivity index (χ2v) is 6.05. The van der Waals surface area contributed by atoms with Crippen molar-refractivity contribution in [2.75, 3.05) is 18.5 Å². The van der Waals surface area contributed by atoms with Gasteiger partial charge in [-0.05, 0) is 32.1 Å². The molecule has 0 radical (unpaired) electrons. The number of nitrogens with zero attached hydrogens (tertiary/aromatic N) is 3. The molecule has 1 aliphatic heterocycles. The van der Waals surface area contributed by atoms with Crippen molar-refractivity contribution in [2.45, 2.75) is 20.8 Å². The summed E-state index contributed by atoms with van der Waals surface area (Å²) >= 11 is 5.56. The Hall–Kier alpha value is -2.51. The lowest BCUT2D eigenvalue weighted by atomic mass is 10.2. The number of thiocarbonyl (C=S) groups is 1. The fraction of sp³-hybridized carbons (Fsp3) is 0.278. The highest BCUT2D eigenvalue weighted by atomic mass is 32.1. The number of pyridine rings is 1. The highest BCUT2D eigenvalue weighted by Gasteiger charge is 2.41. The molecule has 0 spiro atoms. The summed E-state index contributed by atoms with van der Waals surface area (Å²) in [5, 5.41) is 3.68. The molecule has 0 fully saturated rings. The van der Waals surface area contributed by atoms with Gasteiger partial charge in [-0.2, -0.15) is 10.4 Å². The molecule has 1 aliphatic rings. The molecule has 6 nitrogen and oxygen atoms in total. The Balaban J connectivity index is 1.84. The second-order valence-electron chi connectivity index (χ2n) is 5.64. The first-order valence-electron chi connectivity index (χ1n) is 8.30. The van der Waals surface area contributed by atoms with E-state index in [2.05, 4.69) is 33.7 Å². The number of fused-ring (bicyclic) bond motifs is 1. The van der Waals surface area contributed by atoms with Crippen LogP contribution in [-0.2, 0) is 0 Å². The number of ether oxygens (including phenoxy) is 1. The minimum absolute atomic E-state index is 0.395. The van der Waals surface area contributed by atoms with Gasteiger partial charge in [0.1, 0.15) is 23.7 Å². The SMILES string of the molecule is CCOc1ccncc1NC(=S)N[N+]1(CC)C(C)=Nc2ccccc21. The molecule has 130 valence electrons. The first kappa shape index (κ1) is 17.3. The highest BCUT2D eigenvalue weighted by molar-refractivity contribution is 7.80. The summed E-state index contributed by atoms with van der Waals surface area (Å²) in [4.78, 5) is 8.83. The lowest BCUT2D eigenvalue weighted by Crippen LogP contribution is -2.64. The van der Waals surface area contributed by atoms with Crippen molar-refractivity contribution in [2.24, 2.45) is 4.99 Å². The average Bonchev–Trinajstić information content (AvgIpc) is 2.89. The summed E-state index contributed by atoms with van der Waals surface area (Å²) in [5.41, 5.74) is 6.20. The van der Waals surface area contributed by atoms with Crippen molar-refractivity contribution < 1.29 is 4.74 Å². The van der Waals surface area contributed by atoms with Crippen molar-refractivity contribution >= 4 is 40.2 Å². The van der Waals surface area contributed by atoms with Gasteiger partial charge in [-0.25, -0.2) is 0 Å². The van der Waals surface area contributed by atoms with Crippen LogP contribution in [0.15, 0.2) is 47.7 Å². The summed E-state index contributed by atoms with van der Waals surface area (Å²) in [6.07, 6.45) is 3.40. The van der Waals surface area contributed by atoms with Crippen LogP contribution in [0.4, 0.5) is 17.1 Å². The van der Waals surface area contributed by atoms with Gasteiger partial charge in [0.05, 0.1) is 12.8 Å². The van der Waals surface area contributed by atoms with Crippen LogP contribution in [0.3, 0.4) is 0 Å². The summed E-state index contributed by atoms with van der Waals surface area (Å²) in [5.74, 6) is 1.67. The normalized spacial score (nSPS) is 18.3. The molecule has 0 amide bonds. The zero-order valence-corrected chi connectivity index (χ0v) is 15.4. The van der Waals surface area contributed by atoms with Crippen LogP contribution >= 0.6 is 12.2 Å². The Labute approximate surface area is 153 Å². The van der Waals surface area contributed by atoms with Crippen molar-refractivity contribution in [1.29, 1.82) is 0 Å². The molecule has 2 heterocycles. The van der Waals surface area contributed by atoms with Crippen LogP contribution in [-0.4, -0.2) is 29.1 Å². The van der Waals surface area contributed by atoms with Gasteiger partial charge >= 0.3 is 0 Å². The smallest absolute Gasteiger partial charge is 0.230 e. The highest BCUT2D eigenvalue weighted by Crippen LogP contribution is 2.38. The predicted molar refractivity (Wildman–Crippen MR) is 106 cm³/mol. The topological polar surface area (TPSA) is 58.5 Å². The standard InChI is InChI=1S/C18H21N5OS/c1-4-23(13(3)20-14-8-6-7-9-16(14)23)22-18(25)21-15-12-19-11-10-17(15)24-5-2/h6-12H,4-5H2,1-3H3,(H-,21,22,25)/p+1. The van der Waals surface area contributed by atoms with Crippen LogP contribution in [0, 0.1) is 0 Å². The van der Waals surface area contributed by atoms with E-state index < -0.39 is 0 Å². The number of rotatable bonds is 5. The molecule has 0 aliphatic carbocycles. The molecule has 2 N–H and O–H groups in total. The summed E-state index contributed by atoms with van der Waals surface area (Å²) < 4.78 is 6.01. The molecular formula is C18H22N5OS+. The number of quaternary nitrogens is 1. The minimum Gasteiger partial charge on any atom is -0.492 e. The van der Waals surface area contributed by atoms with Crippen LogP contribution < -0.4 is 20.1 Å². The zero-order chi connectivity index (χ0) is 17.9. The van der Waals surface area contributed by atoms with Crippen LogP contribution in [0.1, 0.15) is 20.8 Å². The maximum absolute atomic E-state index is 5.62. The van der Waals surface area contributed by atoms with E-state index in [0.29, 0.717) is 16.3 Å². The van der Waals surface area contributed by atoms with Gasteiger partial charge in [-0.3, -0.25) is 4.98 Å². The third kappa shape index (κ3) is 3.20. The number of para-hydroxylation sites is 2. The Morgan fingerprint density at radius 1 is 1.24 bits per heavy atom. The number of anilines is 1. The van der Waals surface area contributed by atoms with E-state index in [9.17, 15) is 0 Å². The van der Waals surface area contributed by atoms with Gasteiger partial charge < -0.3 is 10.1 Å². The average molecular weight is 356 g/mol. The number of benzene rings is 1. The molecule has 1 aromatic carbocycles. The summed E-state index contributed by atoms with van der Waals surface area (Å²) in [6.45, 7) is 7.41. The van der Waals surface area contributed by atoms with Crippen molar-refractivity contribution in [3.8, 4) is 5.75 Å². The quantitative estimate of drug-likeness (QED) is 0.631. The van der Waals surface area contributed by atoms with Gasteiger partial charge in [0.15, 0.2) is 5.69 Å². The molecule has 25 heavy (non-hydrogen) atoms. The number of amidine groups is 1. The maximum atomic E-state index is 5.62. The Kier molecular flexibility index (Phi) is 4.96. The zero-order valence-electron chi connectivity index (χ0n) is 14.6. The summed E-state index contributed by atoms with van der Waals surface area (Å²) in [6, 6.07) is 9.91. The maximum Gasteiger partial charge on any atom is 0.230 e. The predicted octanol–water partition coefficient (Wildman–Crippen LogP) is 3.77. The van der Waals surface area contributed by atoms with Gasteiger partial charge in [0.25, 0.3) is 0 Å². The minimum atomic E-state index is 0.395. The van der Waals surface area contributed by atoms with E-state index in [1.807, 2.05) is 38.1 Å². The molecule has 0 saturated heterocycles. The van der Waals surface area contributed by atoms with Gasteiger partial charge in [-0.1, -0.05) is 12.1 Å². The lowest BCUT2D eigenvalue weighted by Gasteiger charge is -2.33. The second kappa shape index (κ2) is 7.16. The van der Waals surface area contributed by atoms with Gasteiger partial charge in [0.2, 0.25) is 10.9 Å². The molecule has 1 unspecified atom stereocenters. The molecule has 0 saturated carbocycles. The number of aromatic nitrogens is 1. The number of hydrogen-bond acceptors (Lipinski definition) is 4. The van der Waals surface area contributed by atoms with Crippen LogP contribution in [0.5, 0.6) is 5.75 Å². The van der Waals surface area contributed by atoms with E-state index >= 15 is 0 Å². The lowest BCUT2D eigenvalue weighted by molar-refractivity contribution is 0.341. The van der Waals surface area contributed by atoms with E-state index in [1.54, 1.807) is 12.4 Å². The van der Waals surface area contributed by atoms with Gasteiger partial charge in [-0.15, -0.1) is 4.59 Å².